The fourth-order valence-corrected chi connectivity index (χ4v) is 1.72. The summed E-state index contributed by atoms with van der Waals surface area (Å²) in [7, 11) is 0. The maximum atomic E-state index is 9.36. The maximum Gasteiger partial charge on any atom is 0.117 e. The van der Waals surface area contributed by atoms with Crippen LogP contribution in [0, 0.1) is 0 Å². The van der Waals surface area contributed by atoms with Crippen LogP contribution in [0.5, 0.6) is 0 Å². The predicted octanol–water partition coefficient (Wildman–Crippen LogP) is 1.62. The van der Waals surface area contributed by atoms with Gasteiger partial charge in [0.15, 0.2) is 0 Å². The fourth-order valence-electron chi connectivity index (χ4n) is 1.72. The van der Waals surface area contributed by atoms with E-state index in [1.165, 1.54) is 12.8 Å². The van der Waals surface area contributed by atoms with E-state index in [-0.39, 0.29) is 6.10 Å². The Labute approximate surface area is 84.3 Å². The summed E-state index contributed by atoms with van der Waals surface area (Å²) in [5, 5.41) is 9.36. The van der Waals surface area contributed by atoms with Gasteiger partial charge in [0, 0.05) is 12.6 Å². The molecule has 1 aliphatic rings. The number of rotatable bonds is 5. The molecule has 1 atom stereocenters. The molecule has 0 amide bonds. The van der Waals surface area contributed by atoms with Crippen molar-refractivity contribution < 1.29 is 9.52 Å². The van der Waals surface area contributed by atoms with Crippen LogP contribution in [0.15, 0.2) is 22.8 Å². The number of aliphatic hydroxyl groups is 1. The van der Waals surface area contributed by atoms with Gasteiger partial charge in [-0.25, -0.2) is 0 Å². The highest BCUT2D eigenvalue weighted by molar-refractivity contribution is 4.99. The van der Waals surface area contributed by atoms with E-state index in [0.29, 0.717) is 6.04 Å². The molecule has 78 valence electrons. The van der Waals surface area contributed by atoms with Crippen molar-refractivity contribution in [2.75, 3.05) is 6.54 Å². The molecule has 0 saturated heterocycles. The quantitative estimate of drug-likeness (QED) is 0.775. The molecule has 0 spiro atoms. The molecule has 1 fully saturated rings. The van der Waals surface area contributed by atoms with Crippen LogP contribution in [0.25, 0.3) is 0 Å². The molecule has 1 N–H and O–H groups in total. The summed E-state index contributed by atoms with van der Waals surface area (Å²) < 4.78 is 5.30. The van der Waals surface area contributed by atoms with E-state index in [0.717, 1.165) is 18.8 Å². The van der Waals surface area contributed by atoms with Crippen molar-refractivity contribution >= 4 is 0 Å². The lowest BCUT2D eigenvalue weighted by Gasteiger charge is -2.22. The average Bonchev–Trinajstić information content (AvgIpc) is 2.85. The molecule has 0 aromatic carbocycles. The molecule has 2 rings (SSSR count). The van der Waals surface area contributed by atoms with Crippen LogP contribution in [-0.2, 0) is 6.54 Å². The summed E-state index contributed by atoms with van der Waals surface area (Å²) in [5.41, 5.74) is 0. The Morgan fingerprint density at radius 1 is 1.64 bits per heavy atom. The molecule has 1 unspecified atom stereocenters. The molecule has 0 aliphatic heterocycles. The minimum Gasteiger partial charge on any atom is -0.468 e. The fraction of sp³-hybridized carbons (Fsp3) is 0.636. The molecular formula is C11H17NO2. The van der Waals surface area contributed by atoms with Gasteiger partial charge >= 0.3 is 0 Å². The SMILES string of the molecule is CC(O)CN(Cc1ccco1)C1CC1. The largest absolute Gasteiger partial charge is 0.468 e. The Morgan fingerprint density at radius 2 is 2.43 bits per heavy atom. The molecule has 1 saturated carbocycles. The lowest BCUT2D eigenvalue weighted by atomic mass is 10.3. The van der Waals surface area contributed by atoms with Crippen LogP contribution >= 0.6 is 0 Å². The molecule has 14 heavy (non-hydrogen) atoms. The van der Waals surface area contributed by atoms with Crippen molar-refractivity contribution in [3.8, 4) is 0 Å². The molecule has 3 heteroatoms. The van der Waals surface area contributed by atoms with Gasteiger partial charge in [-0.1, -0.05) is 0 Å². The van der Waals surface area contributed by atoms with Gasteiger partial charge in [-0.3, -0.25) is 4.90 Å². The first-order chi connectivity index (χ1) is 6.75. The normalized spacial score (nSPS) is 18.8. The van der Waals surface area contributed by atoms with Gasteiger partial charge in [0.1, 0.15) is 5.76 Å². The molecule has 1 aliphatic carbocycles. The lowest BCUT2D eigenvalue weighted by Crippen LogP contribution is -2.32. The highest BCUT2D eigenvalue weighted by Crippen LogP contribution is 2.28. The summed E-state index contributed by atoms with van der Waals surface area (Å²) in [6, 6.07) is 4.55. The molecular weight excluding hydrogens is 178 g/mol. The number of furan rings is 1. The summed E-state index contributed by atoms with van der Waals surface area (Å²) in [6.45, 7) is 3.39. The zero-order chi connectivity index (χ0) is 9.97. The zero-order valence-electron chi connectivity index (χ0n) is 8.52. The van der Waals surface area contributed by atoms with Gasteiger partial charge in [-0.2, -0.15) is 0 Å². The van der Waals surface area contributed by atoms with Crippen molar-refractivity contribution in [2.24, 2.45) is 0 Å². The minimum absolute atomic E-state index is 0.259. The van der Waals surface area contributed by atoms with Crippen LogP contribution in [-0.4, -0.2) is 28.7 Å². The van der Waals surface area contributed by atoms with Gasteiger partial charge in [-0.05, 0) is 31.9 Å². The molecule has 0 radical (unpaired) electrons. The van der Waals surface area contributed by atoms with E-state index in [1.54, 1.807) is 6.26 Å². The van der Waals surface area contributed by atoms with E-state index in [1.807, 2.05) is 19.1 Å². The molecule has 3 nitrogen and oxygen atoms in total. The predicted molar refractivity (Wildman–Crippen MR) is 53.8 cm³/mol. The number of hydrogen-bond acceptors (Lipinski definition) is 3. The lowest BCUT2D eigenvalue weighted by molar-refractivity contribution is 0.113. The first kappa shape index (κ1) is 9.74. The third-order valence-electron chi connectivity index (χ3n) is 2.50. The van der Waals surface area contributed by atoms with Crippen LogP contribution in [0.3, 0.4) is 0 Å². The van der Waals surface area contributed by atoms with Crippen LogP contribution in [0.1, 0.15) is 25.5 Å². The van der Waals surface area contributed by atoms with Gasteiger partial charge in [-0.15, -0.1) is 0 Å². The Kier molecular flexibility index (Phi) is 2.89. The Balaban J connectivity index is 1.90. The number of nitrogens with zero attached hydrogens (tertiary/aromatic N) is 1. The van der Waals surface area contributed by atoms with Crippen LogP contribution < -0.4 is 0 Å². The number of hydrogen-bond donors (Lipinski definition) is 1. The minimum atomic E-state index is -0.259. The first-order valence-corrected chi connectivity index (χ1v) is 5.20. The zero-order valence-corrected chi connectivity index (χ0v) is 8.52. The van der Waals surface area contributed by atoms with Crippen molar-refractivity contribution in [2.45, 2.75) is 38.5 Å². The second kappa shape index (κ2) is 4.15. The molecule has 0 bridgehead atoms. The monoisotopic (exact) mass is 195 g/mol. The summed E-state index contributed by atoms with van der Waals surface area (Å²) in [5.74, 6) is 0.984. The van der Waals surface area contributed by atoms with Crippen molar-refractivity contribution in [3.63, 3.8) is 0 Å². The molecule has 1 aromatic rings. The van der Waals surface area contributed by atoms with Crippen molar-refractivity contribution in [1.29, 1.82) is 0 Å². The first-order valence-electron chi connectivity index (χ1n) is 5.20. The summed E-state index contributed by atoms with van der Waals surface area (Å²) in [6.07, 6.45) is 3.95. The molecule has 1 heterocycles. The topological polar surface area (TPSA) is 36.6 Å². The smallest absolute Gasteiger partial charge is 0.117 e. The van der Waals surface area contributed by atoms with Gasteiger partial charge < -0.3 is 9.52 Å². The second-order valence-electron chi connectivity index (χ2n) is 4.09. The highest BCUT2D eigenvalue weighted by Gasteiger charge is 2.29. The van der Waals surface area contributed by atoms with E-state index < -0.39 is 0 Å². The van der Waals surface area contributed by atoms with E-state index >= 15 is 0 Å². The Bertz CT molecular complexity index is 265. The highest BCUT2D eigenvalue weighted by atomic mass is 16.3. The number of aliphatic hydroxyl groups excluding tert-OH is 1. The third-order valence-corrected chi connectivity index (χ3v) is 2.50. The molecule has 1 aromatic heterocycles. The summed E-state index contributed by atoms with van der Waals surface area (Å²) in [4.78, 5) is 2.30. The van der Waals surface area contributed by atoms with E-state index in [2.05, 4.69) is 4.90 Å². The van der Waals surface area contributed by atoms with Crippen molar-refractivity contribution in [3.05, 3.63) is 24.2 Å². The van der Waals surface area contributed by atoms with E-state index in [9.17, 15) is 5.11 Å². The van der Waals surface area contributed by atoms with Gasteiger partial charge in [0.25, 0.3) is 0 Å². The second-order valence-corrected chi connectivity index (χ2v) is 4.09. The van der Waals surface area contributed by atoms with Crippen LogP contribution in [0.4, 0.5) is 0 Å². The van der Waals surface area contributed by atoms with Crippen LogP contribution in [0.2, 0.25) is 0 Å². The van der Waals surface area contributed by atoms with Gasteiger partial charge in [0.05, 0.1) is 18.9 Å². The average molecular weight is 195 g/mol. The third kappa shape index (κ3) is 2.59. The maximum absolute atomic E-state index is 9.36. The Hall–Kier alpha value is -0.800. The van der Waals surface area contributed by atoms with Gasteiger partial charge in [0.2, 0.25) is 0 Å². The summed E-state index contributed by atoms with van der Waals surface area (Å²) >= 11 is 0. The Morgan fingerprint density at radius 3 is 2.93 bits per heavy atom. The van der Waals surface area contributed by atoms with E-state index in [4.69, 9.17) is 4.42 Å². The standard InChI is InChI=1S/C11H17NO2/c1-9(13)7-12(10-4-5-10)8-11-3-2-6-14-11/h2-3,6,9-10,13H,4-5,7-8H2,1H3. The van der Waals surface area contributed by atoms with Crippen molar-refractivity contribution in [1.82, 2.24) is 4.90 Å².